The Hall–Kier alpha value is -3.07. The number of carboxylic acid groups (broad SMARTS) is 1. The molecule has 0 saturated heterocycles. The lowest BCUT2D eigenvalue weighted by atomic mass is 10.1. The van der Waals surface area contributed by atoms with Crippen LogP contribution in [0.1, 0.15) is 51.7 Å². The fourth-order valence-electron chi connectivity index (χ4n) is 2.95. The zero-order chi connectivity index (χ0) is 24.6. The number of sulfonamides is 1. The largest absolute Gasteiger partial charge is 0.487 e. The highest BCUT2D eigenvalue weighted by Gasteiger charge is 2.35. The summed E-state index contributed by atoms with van der Waals surface area (Å²) in [4.78, 5) is 24.3. The van der Waals surface area contributed by atoms with Gasteiger partial charge in [-0.2, -0.15) is 4.31 Å². The molecule has 0 radical (unpaired) electrons. The van der Waals surface area contributed by atoms with E-state index >= 15 is 0 Å². The zero-order valence-corrected chi connectivity index (χ0v) is 20.2. The van der Waals surface area contributed by atoms with Crippen molar-refractivity contribution in [3.63, 3.8) is 0 Å². The van der Waals surface area contributed by atoms with E-state index in [0.717, 1.165) is 5.56 Å². The molecule has 0 unspecified atom stereocenters. The van der Waals surface area contributed by atoms with E-state index in [1.54, 1.807) is 20.8 Å². The molecule has 0 aliphatic heterocycles. The molecule has 2 rings (SSSR count). The molecule has 0 spiro atoms. The first-order chi connectivity index (χ1) is 15.4. The summed E-state index contributed by atoms with van der Waals surface area (Å²) in [5.74, 6) is -1.24. The number of carboxylic acids is 1. The topological polar surface area (TPSA) is 110 Å². The van der Waals surface area contributed by atoms with Crippen molar-refractivity contribution in [3.05, 3.63) is 59.7 Å². The van der Waals surface area contributed by atoms with Gasteiger partial charge in [-0.25, -0.2) is 13.2 Å². The fourth-order valence-corrected chi connectivity index (χ4v) is 4.49. The van der Waals surface area contributed by atoms with Crippen LogP contribution in [0.3, 0.4) is 0 Å². The van der Waals surface area contributed by atoms with Gasteiger partial charge in [0.1, 0.15) is 23.6 Å². The van der Waals surface area contributed by atoms with E-state index in [-0.39, 0.29) is 30.2 Å². The van der Waals surface area contributed by atoms with Crippen LogP contribution in [-0.2, 0) is 32.6 Å². The minimum atomic E-state index is -4.13. The van der Waals surface area contributed by atoms with Crippen molar-refractivity contribution in [2.45, 2.75) is 59.2 Å². The smallest absolute Gasteiger partial charge is 0.429 e. The molecule has 0 heterocycles. The molecule has 0 aromatic heterocycles. The molecule has 2 aromatic carbocycles. The highest BCUT2D eigenvalue weighted by molar-refractivity contribution is 7.93. The molecule has 0 aliphatic carbocycles. The van der Waals surface area contributed by atoms with Crippen molar-refractivity contribution in [2.75, 3.05) is 10.1 Å². The first-order valence-electron chi connectivity index (χ1n) is 10.7. The summed E-state index contributed by atoms with van der Waals surface area (Å²) in [7, 11) is -4.13. The quantitative estimate of drug-likeness (QED) is 0.525. The predicted molar refractivity (Wildman–Crippen MR) is 126 cm³/mol. The number of rotatable bonds is 10. The number of benzene rings is 2. The van der Waals surface area contributed by atoms with Gasteiger partial charge in [0.2, 0.25) is 10.0 Å². The normalized spacial score (nSPS) is 11.6. The summed E-state index contributed by atoms with van der Waals surface area (Å²) in [6.45, 7) is 6.87. The van der Waals surface area contributed by atoms with Crippen LogP contribution < -0.4 is 9.04 Å². The number of anilines is 1. The van der Waals surface area contributed by atoms with Crippen molar-refractivity contribution in [2.24, 2.45) is 0 Å². The van der Waals surface area contributed by atoms with E-state index in [1.807, 2.05) is 37.3 Å². The standard InChI is InChI=1S/C24H31NO7S/c1-5-6-14-33(29,30)25(23(28)32-24(2,3)4)20-15-19(16-22(26)27)12-13-21(20)31-17-18-10-8-7-9-11-18/h7-13,15H,5-6,14,16-17H2,1-4H3,(H,26,27). The van der Waals surface area contributed by atoms with Gasteiger partial charge in [0.15, 0.2) is 0 Å². The van der Waals surface area contributed by atoms with Crippen LogP contribution in [0.2, 0.25) is 0 Å². The number of unbranched alkanes of at least 4 members (excludes halogenated alkanes) is 1. The number of hydrogen-bond donors (Lipinski definition) is 1. The Morgan fingerprint density at radius 2 is 1.70 bits per heavy atom. The van der Waals surface area contributed by atoms with Crippen molar-refractivity contribution in [3.8, 4) is 5.75 Å². The van der Waals surface area contributed by atoms with Crippen molar-refractivity contribution in [1.29, 1.82) is 0 Å². The molecule has 9 heteroatoms. The van der Waals surface area contributed by atoms with Gasteiger partial charge in [-0.15, -0.1) is 0 Å². The summed E-state index contributed by atoms with van der Waals surface area (Å²) in [6.07, 6.45) is -0.465. The molecule has 0 bridgehead atoms. The third kappa shape index (κ3) is 8.09. The van der Waals surface area contributed by atoms with Crippen LogP contribution >= 0.6 is 0 Å². The third-order valence-corrected chi connectivity index (χ3v) is 6.13. The van der Waals surface area contributed by atoms with Crippen LogP contribution in [0.15, 0.2) is 48.5 Å². The average molecular weight is 478 g/mol. The summed E-state index contributed by atoms with van der Waals surface area (Å²) in [5.41, 5.74) is 0.147. The maximum absolute atomic E-state index is 13.2. The van der Waals surface area contributed by atoms with Crippen LogP contribution in [0, 0.1) is 0 Å². The second kappa shape index (κ2) is 11.2. The highest BCUT2D eigenvalue weighted by atomic mass is 32.2. The Bertz CT molecular complexity index is 1060. The number of carbonyl (C=O) groups excluding carboxylic acids is 1. The Morgan fingerprint density at radius 1 is 1.03 bits per heavy atom. The minimum Gasteiger partial charge on any atom is -0.487 e. The first kappa shape index (κ1) is 26.2. The van der Waals surface area contributed by atoms with E-state index in [1.165, 1.54) is 18.2 Å². The predicted octanol–water partition coefficient (Wildman–Crippen LogP) is 4.76. The summed E-state index contributed by atoms with van der Waals surface area (Å²) in [6, 6.07) is 13.6. The SMILES string of the molecule is CCCCS(=O)(=O)N(C(=O)OC(C)(C)C)c1cc(CC(=O)O)ccc1OCc1ccccc1. The van der Waals surface area contributed by atoms with E-state index in [9.17, 15) is 23.1 Å². The molecule has 1 amide bonds. The maximum atomic E-state index is 13.2. The van der Waals surface area contributed by atoms with Crippen molar-refractivity contribution in [1.82, 2.24) is 0 Å². The van der Waals surface area contributed by atoms with Gasteiger partial charge in [0.05, 0.1) is 12.2 Å². The number of amides is 1. The second-order valence-corrected chi connectivity index (χ2v) is 10.5. The Balaban J connectivity index is 2.57. The first-order valence-corrected chi connectivity index (χ1v) is 12.3. The third-order valence-electron chi connectivity index (χ3n) is 4.43. The van der Waals surface area contributed by atoms with Crippen LogP contribution in [0.25, 0.3) is 0 Å². The minimum absolute atomic E-state index is 0.0740. The van der Waals surface area contributed by atoms with Gasteiger partial charge in [-0.1, -0.05) is 49.7 Å². The van der Waals surface area contributed by atoms with Crippen molar-refractivity contribution >= 4 is 27.8 Å². The lowest BCUT2D eigenvalue weighted by Crippen LogP contribution is -2.42. The van der Waals surface area contributed by atoms with E-state index in [4.69, 9.17) is 9.47 Å². The molecular formula is C24H31NO7S. The molecule has 0 aliphatic rings. The second-order valence-electron chi connectivity index (χ2n) is 8.56. The molecule has 1 N–H and O–H groups in total. The number of nitrogens with zero attached hydrogens (tertiary/aromatic N) is 1. The fraction of sp³-hybridized carbons (Fsp3) is 0.417. The van der Waals surface area contributed by atoms with Gasteiger partial charge in [-0.05, 0) is 50.5 Å². The molecule has 2 aromatic rings. The van der Waals surface area contributed by atoms with Gasteiger partial charge in [0, 0.05) is 0 Å². The highest BCUT2D eigenvalue weighted by Crippen LogP contribution is 2.34. The maximum Gasteiger partial charge on any atom is 0.429 e. The molecular weight excluding hydrogens is 446 g/mol. The monoisotopic (exact) mass is 477 g/mol. The zero-order valence-electron chi connectivity index (χ0n) is 19.4. The molecule has 0 saturated carbocycles. The molecule has 0 atom stereocenters. The van der Waals surface area contributed by atoms with Crippen LogP contribution in [0.5, 0.6) is 5.75 Å². The van der Waals surface area contributed by atoms with Gasteiger partial charge < -0.3 is 14.6 Å². The Morgan fingerprint density at radius 3 is 2.27 bits per heavy atom. The Kier molecular flexibility index (Phi) is 8.87. The van der Waals surface area contributed by atoms with E-state index in [2.05, 4.69) is 0 Å². The molecule has 8 nitrogen and oxygen atoms in total. The average Bonchev–Trinajstić information content (AvgIpc) is 2.70. The molecule has 180 valence electrons. The van der Waals surface area contributed by atoms with E-state index < -0.39 is 27.7 Å². The number of hydrogen-bond acceptors (Lipinski definition) is 6. The lowest BCUT2D eigenvalue weighted by molar-refractivity contribution is -0.136. The lowest BCUT2D eigenvalue weighted by Gasteiger charge is -2.28. The Labute approximate surface area is 195 Å². The number of carbonyl (C=O) groups is 2. The van der Waals surface area contributed by atoms with Crippen LogP contribution in [0.4, 0.5) is 10.5 Å². The van der Waals surface area contributed by atoms with E-state index in [0.29, 0.717) is 22.7 Å². The van der Waals surface area contributed by atoms with Gasteiger partial charge in [0.25, 0.3) is 0 Å². The van der Waals surface area contributed by atoms with Gasteiger partial charge in [-0.3, -0.25) is 4.79 Å². The van der Waals surface area contributed by atoms with Gasteiger partial charge >= 0.3 is 12.1 Å². The summed E-state index contributed by atoms with van der Waals surface area (Å²) >= 11 is 0. The summed E-state index contributed by atoms with van der Waals surface area (Å²) in [5, 5.41) is 9.20. The molecule has 33 heavy (non-hydrogen) atoms. The van der Waals surface area contributed by atoms with Crippen LogP contribution in [-0.4, -0.2) is 36.9 Å². The number of ether oxygens (including phenoxy) is 2. The molecule has 0 fully saturated rings. The number of aliphatic carboxylic acids is 1. The van der Waals surface area contributed by atoms with Crippen molar-refractivity contribution < 1.29 is 32.6 Å². The summed E-state index contributed by atoms with van der Waals surface area (Å²) < 4.78 is 38.3.